The molecule has 0 aliphatic rings. The van der Waals surface area contributed by atoms with Gasteiger partial charge in [0.15, 0.2) is 0 Å². The first-order chi connectivity index (χ1) is 15.1. The van der Waals surface area contributed by atoms with Gasteiger partial charge in [-0.2, -0.15) is 0 Å². The standard InChI is InChI=1S/C26H25NO4/c1-18(27-17-23(28)25-16-21-9-5-6-10-24(21)31-25)15-19-11-13-22(14-12-19)30-26(29)20-7-3-2-4-8-20/h2-14,16,18,23,27-28H,15,17H2,1H3. The number of benzene rings is 3. The zero-order chi connectivity index (χ0) is 21.6. The van der Waals surface area contributed by atoms with Crippen molar-refractivity contribution in [1.82, 2.24) is 5.32 Å². The number of fused-ring (bicyclic) bond motifs is 1. The average molecular weight is 415 g/mol. The Bertz CT molecular complexity index is 1100. The Morgan fingerprint density at radius 3 is 2.45 bits per heavy atom. The van der Waals surface area contributed by atoms with Crippen LogP contribution >= 0.6 is 0 Å². The molecule has 0 radical (unpaired) electrons. The van der Waals surface area contributed by atoms with Crippen molar-refractivity contribution in [2.75, 3.05) is 6.54 Å². The molecule has 0 fully saturated rings. The summed E-state index contributed by atoms with van der Waals surface area (Å²) < 4.78 is 11.1. The van der Waals surface area contributed by atoms with Gasteiger partial charge in [0, 0.05) is 18.0 Å². The number of para-hydroxylation sites is 1. The van der Waals surface area contributed by atoms with Gasteiger partial charge in [0.05, 0.1) is 5.56 Å². The Morgan fingerprint density at radius 1 is 1.00 bits per heavy atom. The molecule has 5 nitrogen and oxygen atoms in total. The van der Waals surface area contributed by atoms with Crippen molar-refractivity contribution in [3.8, 4) is 5.75 Å². The van der Waals surface area contributed by atoms with Gasteiger partial charge in [-0.15, -0.1) is 0 Å². The van der Waals surface area contributed by atoms with E-state index in [2.05, 4.69) is 12.2 Å². The number of rotatable bonds is 8. The topological polar surface area (TPSA) is 71.7 Å². The Balaban J connectivity index is 1.27. The first-order valence-electron chi connectivity index (χ1n) is 10.3. The molecule has 2 unspecified atom stereocenters. The number of aliphatic hydroxyl groups is 1. The summed E-state index contributed by atoms with van der Waals surface area (Å²) in [5.74, 6) is 0.701. The smallest absolute Gasteiger partial charge is 0.343 e. The maximum absolute atomic E-state index is 12.1. The predicted molar refractivity (Wildman–Crippen MR) is 120 cm³/mol. The van der Waals surface area contributed by atoms with Crippen LogP contribution in [0.3, 0.4) is 0 Å². The zero-order valence-electron chi connectivity index (χ0n) is 17.3. The molecule has 4 rings (SSSR count). The number of hydrogen-bond acceptors (Lipinski definition) is 5. The molecule has 0 spiro atoms. The molecule has 31 heavy (non-hydrogen) atoms. The molecule has 2 N–H and O–H groups in total. The molecule has 0 saturated heterocycles. The summed E-state index contributed by atoms with van der Waals surface area (Å²) in [6.45, 7) is 2.46. The molecule has 0 amide bonds. The van der Waals surface area contributed by atoms with Gasteiger partial charge in [0.2, 0.25) is 0 Å². The van der Waals surface area contributed by atoms with Crippen LogP contribution in [0.5, 0.6) is 5.75 Å². The monoisotopic (exact) mass is 415 g/mol. The van der Waals surface area contributed by atoms with Crippen LogP contribution in [-0.4, -0.2) is 23.7 Å². The molecule has 158 valence electrons. The van der Waals surface area contributed by atoms with Crippen molar-refractivity contribution < 1.29 is 19.1 Å². The van der Waals surface area contributed by atoms with Gasteiger partial charge in [-0.1, -0.05) is 48.5 Å². The molecule has 0 bridgehead atoms. The van der Waals surface area contributed by atoms with E-state index in [-0.39, 0.29) is 12.0 Å². The summed E-state index contributed by atoms with van der Waals surface area (Å²) in [5, 5.41) is 14.8. The Kier molecular flexibility index (Phi) is 6.46. The number of nitrogens with one attached hydrogen (secondary N) is 1. The van der Waals surface area contributed by atoms with Gasteiger partial charge < -0.3 is 19.6 Å². The van der Waals surface area contributed by atoms with E-state index in [1.807, 2.05) is 48.5 Å². The quantitative estimate of drug-likeness (QED) is 0.316. The normalized spacial score (nSPS) is 13.1. The van der Waals surface area contributed by atoms with Crippen LogP contribution in [0.2, 0.25) is 0 Å². The highest BCUT2D eigenvalue weighted by atomic mass is 16.5. The summed E-state index contributed by atoms with van der Waals surface area (Å²) in [4.78, 5) is 12.1. The van der Waals surface area contributed by atoms with Crippen LogP contribution in [0.1, 0.15) is 34.7 Å². The molecular weight excluding hydrogens is 390 g/mol. The van der Waals surface area contributed by atoms with Gasteiger partial charge in [-0.3, -0.25) is 0 Å². The minimum atomic E-state index is -0.713. The molecule has 2 atom stereocenters. The van der Waals surface area contributed by atoms with Gasteiger partial charge in [0.25, 0.3) is 0 Å². The summed E-state index contributed by atoms with van der Waals surface area (Å²) in [7, 11) is 0. The number of ether oxygens (including phenoxy) is 1. The second-order valence-electron chi connectivity index (χ2n) is 7.62. The van der Waals surface area contributed by atoms with Crippen molar-refractivity contribution >= 4 is 16.9 Å². The van der Waals surface area contributed by atoms with E-state index in [4.69, 9.17) is 9.15 Å². The van der Waals surface area contributed by atoms with E-state index in [1.54, 1.807) is 36.4 Å². The van der Waals surface area contributed by atoms with E-state index in [1.165, 1.54) is 0 Å². The SMILES string of the molecule is CC(Cc1ccc(OC(=O)c2ccccc2)cc1)NCC(O)c1cc2ccccc2o1. The van der Waals surface area contributed by atoms with Crippen LogP contribution in [0.25, 0.3) is 11.0 Å². The molecule has 1 aromatic heterocycles. The maximum atomic E-state index is 12.1. The summed E-state index contributed by atoms with van der Waals surface area (Å²) >= 11 is 0. The fourth-order valence-corrected chi connectivity index (χ4v) is 3.44. The first-order valence-corrected chi connectivity index (χ1v) is 10.3. The van der Waals surface area contributed by atoms with Crippen LogP contribution in [-0.2, 0) is 6.42 Å². The summed E-state index contributed by atoms with van der Waals surface area (Å²) in [6, 6.07) is 26.1. The number of aliphatic hydroxyl groups excluding tert-OH is 1. The largest absolute Gasteiger partial charge is 0.458 e. The molecule has 5 heteroatoms. The molecule has 4 aromatic rings. The van der Waals surface area contributed by atoms with Crippen molar-refractivity contribution in [3.63, 3.8) is 0 Å². The number of carbonyl (C=O) groups is 1. The third-order valence-corrected chi connectivity index (χ3v) is 5.12. The molecule has 1 heterocycles. The lowest BCUT2D eigenvalue weighted by atomic mass is 10.1. The van der Waals surface area contributed by atoms with Crippen molar-refractivity contribution in [1.29, 1.82) is 0 Å². The van der Waals surface area contributed by atoms with Crippen molar-refractivity contribution in [2.45, 2.75) is 25.5 Å². The summed E-state index contributed by atoms with van der Waals surface area (Å²) in [6.07, 6.45) is 0.0642. The van der Waals surface area contributed by atoms with E-state index >= 15 is 0 Å². The Hall–Kier alpha value is -3.41. The lowest BCUT2D eigenvalue weighted by Crippen LogP contribution is -2.31. The average Bonchev–Trinajstić information content (AvgIpc) is 3.24. The second-order valence-corrected chi connectivity index (χ2v) is 7.62. The number of carbonyl (C=O) groups excluding carboxylic acids is 1. The summed E-state index contributed by atoms with van der Waals surface area (Å²) in [5.41, 5.74) is 2.41. The highest BCUT2D eigenvalue weighted by Gasteiger charge is 2.15. The Labute approximate surface area is 181 Å². The number of esters is 1. The van der Waals surface area contributed by atoms with Gasteiger partial charge in [-0.05, 0) is 55.3 Å². The van der Waals surface area contributed by atoms with Gasteiger partial charge in [0.1, 0.15) is 23.2 Å². The minimum absolute atomic E-state index is 0.150. The lowest BCUT2D eigenvalue weighted by molar-refractivity contribution is 0.0734. The number of hydrogen-bond donors (Lipinski definition) is 2. The molecular formula is C26H25NO4. The fourth-order valence-electron chi connectivity index (χ4n) is 3.44. The number of furan rings is 1. The zero-order valence-corrected chi connectivity index (χ0v) is 17.3. The van der Waals surface area contributed by atoms with E-state index in [0.717, 1.165) is 23.0 Å². The predicted octanol–water partition coefficient (Wildman–Crippen LogP) is 4.91. The highest BCUT2D eigenvalue weighted by Crippen LogP contribution is 2.23. The van der Waals surface area contributed by atoms with E-state index in [0.29, 0.717) is 23.6 Å². The van der Waals surface area contributed by atoms with Gasteiger partial charge >= 0.3 is 5.97 Å². The van der Waals surface area contributed by atoms with Crippen molar-refractivity contribution in [2.24, 2.45) is 0 Å². The van der Waals surface area contributed by atoms with Crippen LogP contribution in [0.15, 0.2) is 89.3 Å². The van der Waals surface area contributed by atoms with Crippen molar-refractivity contribution in [3.05, 3.63) is 102 Å². The molecule has 0 aliphatic carbocycles. The lowest BCUT2D eigenvalue weighted by Gasteiger charge is -2.16. The first kappa shape index (κ1) is 20.8. The highest BCUT2D eigenvalue weighted by molar-refractivity contribution is 5.90. The molecule has 0 saturated carbocycles. The third kappa shape index (κ3) is 5.40. The van der Waals surface area contributed by atoms with E-state index < -0.39 is 6.10 Å². The van der Waals surface area contributed by atoms with Crippen LogP contribution in [0, 0.1) is 0 Å². The van der Waals surface area contributed by atoms with Crippen LogP contribution < -0.4 is 10.1 Å². The Morgan fingerprint density at radius 2 is 1.71 bits per heavy atom. The minimum Gasteiger partial charge on any atom is -0.458 e. The van der Waals surface area contributed by atoms with E-state index in [9.17, 15) is 9.90 Å². The second kappa shape index (κ2) is 9.60. The van der Waals surface area contributed by atoms with Crippen LogP contribution in [0.4, 0.5) is 0 Å². The van der Waals surface area contributed by atoms with Gasteiger partial charge in [-0.25, -0.2) is 4.79 Å². The maximum Gasteiger partial charge on any atom is 0.343 e. The molecule has 3 aromatic carbocycles. The fraction of sp³-hybridized carbons (Fsp3) is 0.192. The third-order valence-electron chi connectivity index (χ3n) is 5.12. The molecule has 0 aliphatic heterocycles.